The van der Waals surface area contributed by atoms with Crippen LogP contribution in [0.4, 0.5) is 5.13 Å². The van der Waals surface area contributed by atoms with Gasteiger partial charge >= 0.3 is 0 Å². The molecule has 0 bridgehead atoms. The fourth-order valence-corrected chi connectivity index (χ4v) is 3.03. The van der Waals surface area contributed by atoms with Crippen LogP contribution < -0.4 is 5.32 Å². The van der Waals surface area contributed by atoms with Crippen molar-refractivity contribution < 1.29 is 9.59 Å². The Kier molecular flexibility index (Phi) is 5.30. The van der Waals surface area contributed by atoms with Gasteiger partial charge in [0.25, 0.3) is 0 Å². The van der Waals surface area contributed by atoms with Crippen LogP contribution in [0.5, 0.6) is 0 Å². The van der Waals surface area contributed by atoms with Crippen LogP contribution >= 0.6 is 11.3 Å². The summed E-state index contributed by atoms with van der Waals surface area (Å²) >= 11 is 1.31. The number of nitrogens with zero attached hydrogens (tertiary/aromatic N) is 2. The molecule has 2 aromatic carbocycles. The first kappa shape index (κ1) is 17.0. The van der Waals surface area contributed by atoms with Gasteiger partial charge in [0.1, 0.15) is 5.01 Å². The average Bonchev–Trinajstić information content (AvgIpc) is 3.09. The van der Waals surface area contributed by atoms with E-state index in [0.717, 1.165) is 16.1 Å². The minimum absolute atomic E-state index is 0.0441. The molecule has 25 heavy (non-hydrogen) atoms. The van der Waals surface area contributed by atoms with E-state index < -0.39 is 0 Å². The molecular weight excluding hydrogens is 334 g/mol. The maximum atomic E-state index is 12.1. The number of carbonyl (C=O) groups excluding carboxylic acids is 2. The highest BCUT2D eigenvalue weighted by atomic mass is 32.1. The molecule has 3 aromatic rings. The lowest BCUT2D eigenvalue weighted by atomic mass is 10.1. The van der Waals surface area contributed by atoms with Crippen LogP contribution in [0.2, 0.25) is 0 Å². The number of carbonyl (C=O) groups is 2. The van der Waals surface area contributed by atoms with Crippen molar-refractivity contribution in [2.75, 3.05) is 5.32 Å². The van der Waals surface area contributed by atoms with E-state index in [1.807, 2.05) is 49.4 Å². The lowest BCUT2D eigenvalue weighted by Crippen LogP contribution is -2.13. The maximum Gasteiger partial charge on any atom is 0.226 e. The summed E-state index contributed by atoms with van der Waals surface area (Å²) in [5.74, 6) is -0.284. The highest BCUT2D eigenvalue weighted by molar-refractivity contribution is 7.18. The molecule has 1 amide bonds. The lowest BCUT2D eigenvalue weighted by Gasteiger charge is -2.02. The SMILES string of the molecule is Cc1ccc(C(=O)CCC(=O)Nc2nnc(-c3ccccc3)s2)cc1. The summed E-state index contributed by atoms with van der Waals surface area (Å²) in [6, 6.07) is 17.0. The third kappa shape index (κ3) is 4.58. The summed E-state index contributed by atoms with van der Waals surface area (Å²) in [7, 11) is 0. The minimum atomic E-state index is -0.240. The van der Waals surface area contributed by atoms with Crippen LogP contribution in [-0.2, 0) is 4.79 Å². The Hall–Kier alpha value is -2.86. The van der Waals surface area contributed by atoms with E-state index in [1.165, 1.54) is 11.3 Å². The van der Waals surface area contributed by atoms with Gasteiger partial charge in [0, 0.05) is 24.0 Å². The van der Waals surface area contributed by atoms with Gasteiger partial charge in [0.2, 0.25) is 11.0 Å². The molecule has 0 saturated heterocycles. The Morgan fingerprint density at radius 2 is 1.68 bits per heavy atom. The van der Waals surface area contributed by atoms with E-state index in [2.05, 4.69) is 15.5 Å². The van der Waals surface area contributed by atoms with E-state index in [4.69, 9.17) is 0 Å². The van der Waals surface area contributed by atoms with Crippen LogP contribution in [0.3, 0.4) is 0 Å². The topological polar surface area (TPSA) is 72.0 Å². The first-order valence-electron chi connectivity index (χ1n) is 7.90. The number of rotatable bonds is 6. The fourth-order valence-electron chi connectivity index (χ4n) is 2.26. The number of amides is 1. The highest BCUT2D eigenvalue weighted by Crippen LogP contribution is 2.26. The molecule has 1 aromatic heterocycles. The van der Waals surface area contributed by atoms with Gasteiger partial charge in [-0.3, -0.25) is 9.59 Å². The summed E-state index contributed by atoms with van der Waals surface area (Å²) in [5.41, 5.74) is 2.68. The first-order chi connectivity index (χ1) is 12.1. The van der Waals surface area contributed by atoms with Crippen molar-refractivity contribution in [3.8, 4) is 10.6 Å². The van der Waals surface area contributed by atoms with E-state index >= 15 is 0 Å². The maximum absolute atomic E-state index is 12.1. The Balaban J connectivity index is 1.54. The van der Waals surface area contributed by atoms with E-state index in [1.54, 1.807) is 12.1 Å². The molecular formula is C19H17N3O2S. The van der Waals surface area contributed by atoms with Crippen LogP contribution in [0.15, 0.2) is 54.6 Å². The molecule has 0 aliphatic carbocycles. The quantitative estimate of drug-likeness (QED) is 0.678. The molecule has 1 heterocycles. The van der Waals surface area contributed by atoms with Crippen molar-refractivity contribution in [3.05, 3.63) is 65.7 Å². The van der Waals surface area contributed by atoms with Crippen molar-refractivity contribution in [2.24, 2.45) is 0 Å². The largest absolute Gasteiger partial charge is 0.301 e. The van der Waals surface area contributed by atoms with Gasteiger partial charge < -0.3 is 5.32 Å². The van der Waals surface area contributed by atoms with Gasteiger partial charge in [-0.1, -0.05) is 71.5 Å². The number of hydrogen-bond donors (Lipinski definition) is 1. The predicted molar refractivity (Wildman–Crippen MR) is 98.7 cm³/mol. The average molecular weight is 351 g/mol. The number of benzene rings is 2. The molecule has 0 spiro atoms. The predicted octanol–water partition coefficient (Wildman–Crippen LogP) is 4.12. The molecule has 0 aliphatic rings. The summed E-state index contributed by atoms with van der Waals surface area (Å²) in [4.78, 5) is 24.1. The normalized spacial score (nSPS) is 10.4. The second-order valence-electron chi connectivity index (χ2n) is 5.62. The van der Waals surface area contributed by atoms with Crippen molar-refractivity contribution in [3.63, 3.8) is 0 Å². The van der Waals surface area contributed by atoms with Gasteiger partial charge in [0.15, 0.2) is 5.78 Å². The molecule has 0 aliphatic heterocycles. The Labute approximate surface area is 149 Å². The fraction of sp³-hybridized carbons (Fsp3) is 0.158. The summed E-state index contributed by atoms with van der Waals surface area (Å²) < 4.78 is 0. The van der Waals surface area contributed by atoms with Gasteiger partial charge in [0.05, 0.1) is 0 Å². The molecule has 0 atom stereocenters. The Bertz CT molecular complexity index is 873. The summed E-state index contributed by atoms with van der Waals surface area (Å²) in [6.07, 6.45) is 0.284. The minimum Gasteiger partial charge on any atom is -0.301 e. The summed E-state index contributed by atoms with van der Waals surface area (Å²) in [5, 5.41) is 11.9. The molecule has 0 fully saturated rings. The van der Waals surface area contributed by atoms with Crippen molar-refractivity contribution >= 4 is 28.2 Å². The number of ketones is 1. The number of anilines is 1. The number of hydrogen-bond acceptors (Lipinski definition) is 5. The van der Waals surface area contributed by atoms with Gasteiger partial charge in [-0.15, -0.1) is 10.2 Å². The third-order valence-corrected chi connectivity index (χ3v) is 4.53. The molecule has 0 radical (unpaired) electrons. The molecule has 5 nitrogen and oxygen atoms in total. The number of Topliss-reactive ketones (excluding diaryl/α,β-unsaturated/α-hetero) is 1. The number of aryl methyl sites for hydroxylation is 1. The zero-order valence-electron chi connectivity index (χ0n) is 13.7. The second kappa shape index (κ2) is 7.81. The summed E-state index contributed by atoms with van der Waals surface area (Å²) in [6.45, 7) is 1.97. The van der Waals surface area contributed by atoms with Crippen LogP contribution in [0, 0.1) is 6.92 Å². The van der Waals surface area contributed by atoms with E-state index in [9.17, 15) is 9.59 Å². The molecule has 0 unspecified atom stereocenters. The first-order valence-corrected chi connectivity index (χ1v) is 8.72. The highest BCUT2D eigenvalue weighted by Gasteiger charge is 2.12. The Morgan fingerprint density at radius 3 is 2.40 bits per heavy atom. The van der Waals surface area contributed by atoms with Gasteiger partial charge in [-0.05, 0) is 6.92 Å². The van der Waals surface area contributed by atoms with Crippen LogP contribution in [-0.4, -0.2) is 21.9 Å². The van der Waals surface area contributed by atoms with Crippen LogP contribution in [0.1, 0.15) is 28.8 Å². The van der Waals surface area contributed by atoms with Crippen LogP contribution in [0.25, 0.3) is 10.6 Å². The van der Waals surface area contributed by atoms with Gasteiger partial charge in [-0.2, -0.15) is 0 Å². The standard InChI is InChI=1S/C19H17N3O2S/c1-13-7-9-14(10-8-13)16(23)11-12-17(24)20-19-22-21-18(25-19)15-5-3-2-4-6-15/h2-10H,11-12H2,1H3,(H,20,22,24). The number of aromatic nitrogens is 2. The second-order valence-corrected chi connectivity index (χ2v) is 6.59. The zero-order chi connectivity index (χ0) is 17.6. The monoisotopic (exact) mass is 351 g/mol. The zero-order valence-corrected chi connectivity index (χ0v) is 14.5. The van der Waals surface area contributed by atoms with E-state index in [0.29, 0.717) is 10.7 Å². The molecule has 0 saturated carbocycles. The number of nitrogens with one attached hydrogen (secondary N) is 1. The lowest BCUT2D eigenvalue weighted by molar-refractivity contribution is -0.116. The molecule has 126 valence electrons. The van der Waals surface area contributed by atoms with Crippen molar-refractivity contribution in [1.29, 1.82) is 0 Å². The smallest absolute Gasteiger partial charge is 0.226 e. The van der Waals surface area contributed by atoms with Crippen molar-refractivity contribution in [2.45, 2.75) is 19.8 Å². The van der Waals surface area contributed by atoms with Gasteiger partial charge in [-0.25, -0.2) is 0 Å². The van der Waals surface area contributed by atoms with Crippen molar-refractivity contribution in [1.82, 2.24) is 10.2 Å². The van der Waals surface area contributed by atoms with E-state index in [-0.39, 0.29) is 24.5 Å². The molecule has 1 N–H and O–H groups in total. The molecule has 6 heteroatoms. The third-order valence-electron chi connectivity index (χ3n) is 3.64. The molecule has 3 rings (SSSR count). The Morgan fingerprint density at radius 1 is 0.960 bits per heavy atom.